The first-order valence-electron chi connectivity index (χ1n) is 12.1. The minimum absolute atomic E-state index is 0.174. The lowest BCUT2D eigenvalue weighted by molar-refractivity contribution is -0.172. The second-order valence-electron chi connectivity index (χ2n) is 9.19. The summed E-state index contributed by atoms with van der Waals surface area (Å²) in [6.45, 7) is 3.17. The summed E-state index contributed by atoms with van der Waals surface area (Å²) in [5.41, 5.74) is 0.815. The number of aromatic nitrogens is 2. The number of hydrogen-bond donors (Lipinski definition) is 3. The Balaban J connectivity index is 1.51. The number of rotatable bonds is 7. The number of amides is 3. The van der Waals surface area contributed by atoms with Crippen LogP contribution in [0.25, 0.3) is 10.4 Å². The van der Waals surface area contributed by atoms with Crippen LogP contribution in [-0.2, 0) is 16.6 Å². The topological polar surface area (TPSA) is 137 Å². The largest absolute Gasteiger partial charge is 0.408 e. The van der Waals surface area contributed by atoms with Crippen molar-refractivity contribution in [2.45, 2.75) is 37.5 Å². The first kappa shape index (κ1) is 27.8. The van der Waals surface area contributed by atoms with Crippen LogP contribution in [0.5, 0.6) is 0 Å². The predicted molar refractivity (Wildman–Crippen MR) is 142 cm³/mol. The number of benzene rings is 1. The number of anilines is 3. The molecular weight excluding hydrogens is 571 g/mol. The quantitative estimate of drug-likeness (QED) is 0.380. The monoisotopic (exact) mass is 595 g/mol. The normalized spacial score (nSPS) is 16.4. The number of nitrogens with one attached hydrogen (secondary N) is 3. The van der Waals surface area contributed by atoms with Crippen molar-refractivity contribution >= 4 is 50.1 Å². The summed E-state index contributed by atoms with van der Waals surface area (Å²) in [7, 11) is -3.04. The highest BCUT2D eigenvalue weighted by Gasteiger charge is 2.46. The van der Waals surface area contributed by atoms with Gasteiger partial charge >= 0.3 is 12.2 Å². The predicted octanol–water partition coefficient (Wildman–Crippen LogP) is 3.60. The lowest BCUT2D eigenvalue weighted by atomic mass is 10.0. The van der Waals surface area contributed by atoms with Crippen molar-refractivity contribution in [2.75, 3.05) is 30.4 Å². The van der Waals surface area contributed by atoms with Gasteiger partial charge in [-0.05, 0) is 56.3 Å². The van der Waals surface area contributed by atoms with Gasteiger partial charge in [0.05, 0.1) is 21.0 Å². The fourth-order valence-electron chi connectivity index (χ4n) is 4.54. The number of carbonyl (C=O) groups is 2. The van der Waals surface area contributed by atoms with Crippen LogP contribution >= 0.6 is 11.3 Å². The molecule has 3 N–H and O–H groups in total. The molecule has 212 valence electrons. The fourth-order valence-corrected chi connectivity index (χ4v) is 6.49. The molecule has 0 aliphatic carbocycles. The van der Waals surface area contributed by atoms with Crippen LogP contribution in [0, 0.1) is 6.92 Å². The van der Waals surface area contributed by atoms with Gasteiger partial charge in [-0.1, -0.05) is 17.4 Å². The third kappa shape index (κ3) is 4.97. The number of sulfonamides is 1. The Morgan fingerprint density at radius 2 is 1.93 bits per heavy atom. The van der Waals surface area contributed by atoms with Gasteiger partial charge < -0.3 is 15.5 Å². The molecule has 0 bridgehead atoms. The molecule has 0 saturated carbocycles. The van der Waals surface area contributed by atoms with E-state index >= 15 is 0 Å². The van der Waals surface area contributed by atoms with E-state index in [1.807, 2.05) is 0 Å². The van der Waals surface area contributed by atoms with Crippen molar-refractivity contribution < 1.29 is 31.2 Å². The van der Waals surface area contributed by atoms with Crippen LogP contribution in [0.1, 0.15) is 28.5 Å². The maximum absolute atomic E-state index is 13.4. The first-order chi connectivity index (χ1) is 18.8. The van der Waals surface area contributed by atoms with Crippen LogP contribution in [0.2, 0.25) is 0 Å². The van der Waals surface area contributed by atoms with Gasteiger partial charge in [0, 0.05) is 19.6 Å². The Morgan fingerprint density at radius 3 is 2.58 bits per heavy atom. The average molecular weight is 596 g/mol. The molecule has 1 aromatic carbocycles. The Labute approximate surface area is 231 Å². The Kier molecular flexibility index (Phi) is 6.96. The smallest absolute Gasteiger partial charge is 0.336 e. The van der Waals surface area contributed by atoms with E-state index in [2.05, 4.69) is 25.3 Å². The molecule has 2 aliphatic heterocycles. The van der Waals surface area contributed by atoms with Crippen molar-refractivity contribution in [1.29, 1.82) is 0 Å². The van der Waals surface area contributed by atoms with Crippen LogP contribution < -0.4 is 20.3 Å². The van der Waals surface area contributed by atoms with E-state index in [9.17, 15) is 31.2 Å². The zero-order chi connectivity index (χ0) is 29.0. The van der Waals surface area contributed by atoms with E-state index in [1.165, 1.54) is 28.4 Å². The molecule has 2 aliphatic rings. The fraction of sp³-hybridized carbons (Fsp3) is 0.333. The molecule has 1 atom stereocenters. The van der Waals surface area contributed by atoms with Gasteiger partial charge in [-0.2, -0.15) is 13.2 Å². The van der Waals surface area contributed by atoms with Crippen LogP contribution in [0.15, 0.2) is 35.2 Å². The summed E-state index contributed by atoms with van der Waals surface area (Å²) in [5.74, 6) is -0.121. The van der Waals surface area contributed by atoms with E-state index in [-0.39, 0.29) is 17.2 Å². The first-order valence-corrected chi connectivity index (χ1v) is 14.4. The van der Waals surface area contributed by atoms with Crippen molar-refractivity contribution in [3.63, 3.8) is 0 Å². The number of carbonyl (C=O) groups excluding carboxylic acids is 2. The number of aryl methyl sites for hydroxylation is 1. The standard InChI is InChI=1S/C24H24F3N7O4S2/c1-12-20(39-22(30-12)32-17-5-4-6-18(31-17)33-8-7-29-23(33)36)14-9-15-11-34(13(2)24(25,26)27)21(35)19(15)16(10-14)40(37,38)28-3/h4-6,9-10,13,28H,7-8,11H2,1-3H3,(H,29,36)(H,30,31,32)/t13-/m0/s1. The molecule has 3 amide bonds. The number of thiazole rings is 1. The highest BCUT2D eigenvalue weighted by molar-refractivity contribution is 7.89. The van der Waals surface area contributed by atoms with Gasteiger partial charge in [0.25, 0.3) is 5.91 Å². The summed E-state index contributed by atoms with van der Waals surface area (Å²) in [6.07, 6.45) is -4.68. The van der Waals surface area contributed by atoms with Crippen molar-refractivity contribution in [3.05, 3.63) is 47.2 Å². The van der Waals surface area contributed by atoms with Gasteiger partial charge in [-0.3, -0.25) is 9.69 Å². The zero-order valence-electron chi connectivity index (χ0n) is 21.5. The molecule has 0 spiro atoms. The molecule has 11 nitrogen and oxygen atoms in total. The second kappa shape index (κ2) is 10.0. The molecule has 3 aromatic rings. The number of hydrogen-bond acceptors (Lipinski definition) is 8. The number of fused-ring (bicyclic) bond motifs is 1. The molecule has 5 rings (SSSR count). The van der Waals surface area contributed by atoms with Gasteiger partial charge in [0.1, 0.15) is 17.7 Å². The minimum atomic E-state index is -4.68. The van der Waals surface area contributed by atoms with E-state index in [0.717, 1.165) is 14.0 Å². The van der Waals surface area contributed by atoms with Crippen molar-refractivity contribution in [2.24, 2.45) is 0 Å². The molecule has 16 heteroatoms. The molecule has 2 aromatic heterocycles. The summed E-state index contributed by atoms with van der Waals surface area (Å²) >= 11 is 1.18. The zero-order valence-corrected chi connectivity index (χ0v) is 23.1. The summed E-state index contributed by atoms with van der Waals surface area (Å²) in [4.78, 5) is 36.3. The minimum Gasteiger partial charge on any atom is -0.336 e. The number of nitrogens with zero attached hydrogens (tertiary/aromatic N) is 4. The number of alkyl halides is 3. The highest BCUT2D eigenvalue weighted by atomic mass is 32.2. The number of pyridine rings is 1. The second-order valence-corrected chi connectivity index (χ2v) is 12.0. The van der Waals surface area contributed by atoms with E-state index in [4.69, 9.17) is 0 Å². The molecule has 40 heavy (non-hydrogen) atoms. The molecule has 0 radical (unpaired) electrons. The lowest BCUT2D eigenvalue weighted by Crippen LogP contribution is -2.43. The van der Waals surface area contributed by atoms with Crippen LogP contribution in [0.4, 0.5) is 34.7 Å². The van der Waals surface area contributed by atoms with Gasteiger partial charge in [-0.25, -0.2) is 27.9 Å². The van der Waals surface area contributed by atoms with E-state index in [0.29, 0.717) is 50.9 Å². The maximum atomic E-state index is 13.4. The molecule has 1 saturated heterocycles. The Morgan fingerprint density at radius 1 is 1.18 bits per heavy atom. The van der Waals surface area contributed by atoms with Crippen LogP contribution in [-0.4, -0.2) is 67.6 Å². The van der Waals surface area contributed by atoms with Gasteiger partial charge in [-0.15, -0.1) is 0 Å². The molecule has 0 unspecified atom stereocenters. The summed E-state index contributed by atoms with van der Waals surface area (Å²) in [6, 6.07) is 5.59. The molecular formula is C24H24F3N7O4S2. The summed E-state index contributed by atoms with van der Waals surface area (Å²) < 4.78 is 68.3. The lowest BCUT2D eigenvalue weighted by Gasteiger charge is -2.26. The third-order valence-corrected chi connectivity index (χ3v) is 9.22. The number of halogens is 3. The van der Waals surface area contributed by atoms with Crippen LogP contribution in [0.3, 0.4) is 0 Å². The number of urea groups is 1. The SMILES string of the molecule is CNS(=O)(=O)c1cc(-c2sc(Nc3cccc(N4CCNC4=O)n3)nc2C)cc2c1C(=O)N([C@@H](C)C(F)(F)F)C2. The highest BCUT2D eigenvalue weighted by Crippen LogP contribution is 2.40. The van der Waals surface area contributed by atoms with Crippen molar-refractivity contribution in [3.8, 4) is 10.4 Å². The molecule has 1 fully saturated rings. The van der Waals surface area contributed by atoms with E-state index in [1.54, 1.807) is 25.1 Å². The van der Waals surface area contributed by atoms with Gasteiger partial charge in [0.15, 0.2) is 5.13 Å². The average Bonchev–Trinajstić information content (AvgIpc) is 3.59. The van der Waals surface area contributed by atoms with Gasteiger partial charge in [0.2, 0.25) is 10.0 Å². The van der Waals surface area contributed by atoms with E-state index < -0.39 is 39.6 Å². The third-order valence-electron chi connectivity index (χ3n) is 6.66. The summed E-state index contributed by atoms with van der Waals surface area (Å²) in [5, 5.41) is 6.22. The maximum Gasteiger partial charge on any atom is 0.408 e. The Hall–Kier alpha value is -3.76. The van der Waals surface area contributed by atoms with Crippen molar-refractivity contribution in [1.82, 2.24) is 24.9 Å². The Bertz CT molecular complexity index is 1620. The molecule has 4 heterocycles.